The molecule has 0 radical (unpaired) electrons. The number of sulfonamides is 1. The topological polar surface area (TPSA) is 75.6 Å². The third kappa shape index (κ3) is 5.65. The zero-order chi connectivity index (χ0) is 13.8. The molecule has 0 amide bonds. The highest BCUT2D eigenvalue weighted by Crippen LogP contribution is 2.21. The average molecular weight is 279 g/mol. The fourth-order valence-electron chi connectivity index (χ4n) is 2.10. The van der Waals surface area contributed by atoms with E-state index in [1.165, 1.54) is 0 Å². The second-order valence-corrected chi connectivity index (χ2v) is 8.17. The maximum absolute atomic E-state index is 12.0. The van der Waals surface area contributed by atoms with E-state index in [2.05, 4.69) is 4.72 Å². The Labute approximate surface area is 110 Å². The van der Waals surface area contributed by atoms with Crippen molar-refractivity contribution in [3.8, 4) is 0 Å². The van der Waals surface area contributed by atoms with E-state index in [1.54, 1.807) is 0 Å². The van der Waals surface area contributed by atoms with Gasteiger partial charge in [0.25, 0.3) is 0 Å². The van der Waals surface area contributed by atoms with Crippen LogP contribution in [0.15, 0.2) is 0 Å². The lowest BCUT2D eigenvalue weighted by molar-refractivity contribution is 0.0977. The summed E-state index contributed by atoms with van der Waals surface area (Å²) in [6.45, 7) is 7.14. The molecule has 0 aromatic carbocycles. The predicted octanol–water partition coefficient (Wildman–Crippen LogP) is 0.882. The molecule has 1 fully saturated rings. The number of aliphatic hydroxyl groups excluding tert-OH is 1. The lowest BCUT2D eigenvalue weighted by atomic mass is 9.89. The normalized spacial score (nSPS) is 20.9. The molecule has 1 saturated heterocycles. The van der Waals surface area contributed by atoms with Gasteiger partial charge in [0.05, 0.1) is 11.4 Å². The van der Waals surface area contributed by atoms with E-state index >= 15 is 0 Å². The monoisotopic (exact) mass is 279 g/mol. The quantitative estimate of drug-likeness (QED) is 0.783. The fourth-order valence-corrected chi connectivity index (χ4v) is 3.57. The molecule has 1 aliphatic rings. The van der Waals surface area contributed by atoms with Crippen LogP contribution in [0.4, 0.5) is 0 Å². The first-order valence-corrected chi connectivity index (χ1v) is 8.00. The van der Waals surface area contributed by atoms with Gasteiger partial charge in [-0.3, -0.25) is 0 Å². The van der Waals surface area contributed by atoms with Gasteiger partial charge >= 0.3 is 0 Å². The van der Waals surface area contributed by atoms with Crippen LogP contribution in [0, 0.1) is 5.41 Å². The van der Waals surface area contributed by atoms with E-state index in [0.717, 1.165) is 0 Å². The van der Waals surface area contributed by atoms with Crippen LogP contribution in [0.5, 0.6) is 0 Å². The molecule has 1 rings (SSSR count). The molecular weight excluding hydrogens is 254 g/mol. The van der Waals surface area contributed by atoms with Gasteiger partial charge in [-0.05, 0) is 24.7 Å². The van der Waals surface area contributed by atoms with Crippen LogP contribution in [0.1, 0.15) is 40.0 Å². The van der Waals surface area contributed by atoms with Crippen molar-refractivity contribution in [2.45, 2.75) is 51.4 Å². The molecule has 18 heavy (non-hydrogen) atoms. The Morgan fingerprint density at radius 3 is 2.39 bits per heavy atom. The van der Waals surface area contributed by atoms with Crippen LogP contribution in [0.25, 0.3) is 0 Å². The molecule has 1 unspecified atom stereocenters. The fraction of sp³-hybridized carbons (Fsp3) is 1.00. The largest absolute Gasteiger partial charge is 0.392 e. The summed E-state index contributed by atoms with van der Waals surface area (Å²) in [6.07, 6.45) is 0.998. The first kappa shape index (κ1) is 15.9. The second-order valence-electron chi connectivity index (χ2n) is 6.12. The smallest absolute Gasteiger partial charge is 0.214 e. The Hall–Kier alpha value is -0.170. The molecule has 0 aromatic heterocycles. The van der Waals surface area contributed by atoms with Crippen LogP contribution >= 0.6 is 0 Å². The molecule has 108 valence electrons. The zero-order valence-electron chi connectivity index (χ0n) is 11.5. The standard InChI is InChI=1S/C12H25NO4S/c1-12(2,3)8-10(14)9-13-18(15,16)11-4-6-17-7-5-11/h10-11,13-14H,4-9H2,1-3H3. The van der Waals surface area contributed by atoms with Crippen molar-refractivity contribution >= 4 is 10.0 Å². The summed E-state index contributed by atoms with van der Waals surface area (Å²) in [5.74, 6) is 0. The lowest BCUT2D eigenvalue weighted by Crippen LogP contribution is -2.41. The minimum Gasteiger partial charge on any atom is -0.392 e. The third-order valence-electron chi connectivity index (χ3n) is 2.98. The van der Waals surface area contributed by atoms with Crippen molar-refractivity contribution in [3.05, 3.63) is 0 Å². The van der Waals surface area contributed by atoms with E-state index in [0.29, 0.717) is 32.5 Å². The number of rotatable bonds is 5. The van der Waals surface area contributed by atoms with Gasteiger partial charge in [0.15, 0.2) is 0 Å². The summed E-state index contributed by atoms with van der Waals surface area (Å²) in [5.41, 5.74) is -0.0104. The van der Waals surface area contributed by atoms with Crippen LogP contribution in [-0.4, -0.2) is 44.6 Å². The summed E-state index contributed by atoms with van der Waals surface area (Å²) in [6, 6.07) is 0. The Morgan fingerprint density at radius 2 is 1.89 bits per heavy atom. The Kier molecular flexibility index (Phi) is 5.58. The minimum atomic E-state index is -3.32. The van der Waals surface area contributed by atoms with E-state index in [9.17, 15) is 13.5 Å². The molecule has 1 aliphatic heterocycles. The lowest BCUT2D eigenvalue weighted by Gasteiger charge is -2.25. The summed E-state index contributed by atoms with van der Waals surface area (Å²) < 4.78 is 31.6. The number of ether oxygens (including phenoxy) is 1. The maximum Gasteiger partial charge on any atom is 0.214 e. The summed E-state index contributed by atoms with van der Waals surface area (Å²) >= 11 is 0. The molecule has 5 nitrogen and oxygen atoms in total. The third-order valence-corrected chi connectivity index (χ3v) is 4.89. The average Bonchev–Trinajstić information content (AvgIpc) is 2.26. The number of hydrogen-bond donors (Lipinski definition) is 2. The van der Waals surface area contributed by atoms with Gasteiger partial charge in [-0.2, -0.15) is 0 Å². The Bertz CT molecular complexity index is 342. The van der Waals surface area contributed by atoms with Crippen molar-refractivity contribution < 1.29 is 18.3 Å². The predicted molar refractivity (Wildman–Crippen MR) is 70.8 cm³/mol. The van der Waals surface area contributed by atoms with Crippen molar-refractivity contribution in [2.75, 3.05) is 19.8 Å². The van der Waals surface area contributed by atoms with Crippen LogP contribution in [0.2, 0.25) is 0 Å². The van der Waals surface area contributed by atoms with Gasteiger partial charge in [0.2, 0.25) is 10.0 Å². The van der Waals surface area contributed by atoms with E-state index in [4.69, 9.17) is 4.74 Å². The van der Waals surface area contributed by atoms with Crippen LogP contribution in [-0.2, 0) is 14.8 Å². The van der Waals surface area contributed by atoms with Crippen molar-refractivity contribution in [1.29, 1.82) is 0 Å². The summed E-state index contributed by atoms with van der Waals surface area (Å²) in [5, 5.41) is 9.41. The molecule has 0 bridgehead atoms. The van der Waals surface area contributed by atoms with Gasteiger partial charge in [0, 0.05) is 19.8 Å². The molecule has 0 saturated carbocycles. The van der Waals surface area contributed by atoms with Crippen molar-refractivity contribution in [2.24, 2.45) is 5.41 Å². The van der Waals surface area contributed by atoms with Gasteiger partial charge < -0.3 is 9.84 Å². The van der Waals surface area contributed by atoms with Gasteiger partial charge in [-0.1, -0.05) is 20.8 Å². The highest BCUT2D eigenvalue weighted by atomic mass is 32.2. The molecule has 0 aromatic rings. The van der Waals surface area contributed by atoms with E-state index < -0.39 is 16.1 Å². The molecule has 6 heteroatoms. The first-order valence-electron chi connectivity index (χ1n) is 6.45. The van der Waals surface area contributed by atoms with Crippen LogP contribution < -0.4 is 4.72 Å². The number of hydrogen-bond acceptors (Lipinski definition) is 4. The zero-order valence-corrected chi connectivity index (χ0v) is 12.3. The van der Waals surface area contributed by atoms with Crippen molar-refractivity contribution in [1.82, 2.24) is 4.72 Å². The molecule has 0 spiro atoms. The van der Waals surface area contributed by atoms with Crippen molar-refractivity contribution in [3.63, 3.8) is 0 Å². The molecular formula is C12H25NO4S. The van der Waals surface area contributed by atoms with Gasteiger partial charge in [0.1, 0.15) is 0 Å². The summed E-state index contributed by atoms with van der Waals surface area (Å²) in [4.78, 5) is 0. The number of nitrogens with one attached hydrogen (secondary N) is 1. The SMILES string of the molecule is CC(C)(C)CC(O)CNS(=O)(=O)C1CCOCC1. The van der Waals surface area contributed by atoms with Crippen LogP contribution in [0.3, 0.4) is 0 Å². The molecule has 0 aliphatic carbocycles. The van der Waals surface area contributed by atoms with Gasteiger partial charge in [-0.15, -0.1) is 0 Å². The molecule has 1 atom stereocenters. The summed E-state index contributed by atoms with van der Waals surface area (Å²) in [7, 11) is -3.32. The Balaban J connectivity index is 2.41. The number of aliphatic hydroxyl groups is 1. The highest BCUT2D eigenvalue weighted by molar-refractivity contribution is 7.90. The van der Waals surface area contributed by atoms with E-state index in [1.807, 2.05) is 20.8 Å². The minimum absolute atomic E-state index is 0.0104. The maximum atomic E-state index is 12.0. The van der Waals surface area contributed by atoms with Gasteiger partial charge in [-0.25, -0.2) is 13.1 Å². The first-order chi connectivity index (χ1) is 8.21. The molecule has 2 N–H and O–H groups in total. The molecule has 1 heterocycles. The Morgan fingerprint density at radius 1 is 1.33 bits per heavy atom. The second kappa shape index (κ2) is 6.32. The highest BCUT2D eigenvalue weighted by Gasteiger charge is 2.28. The van der Waals surface area contributed by atoms with E-state index in [-0.39, 0.29) is 17.2 Å².